The highest BCUT2D eigenvalue weighted by molar-refractivity contribution is 7.07. The van der Waals surface area contributed by atoms with Crippen molar-refractivity contribution in [2.24, 2.45) is 12.0 Å². The second-order valence-electron chi connectivity index (χ2n) is 3.38. The predicted molar refractivity (Wildman–Crippen MR) is 60.9 cm³/mol. The third kappa shape index (κ3) is 2.70. The van der Waals surface area contributed by atoms with E-state index < -0.39 is 0 Å². The molecule has 84 valence electrons. The van der Waals surface area contributed by atoms with Crippen LogP contribution in [0.1, 0.15) is 12.2 Å². The normalized spacial score (nSPS) is 11.9. The van der Waals surface area contributed by atoms with Crippen molar-refractivity contribution in [3.8, 4) is 0 Å². The van der Waals surface area contributed by atoms with Gasteiger partial charge in [0.2, 0.25) is 5.91 Å². The van der Waals surface area contributed by atoms with Gasteiger partial charge in [-0.2, -0.15) is 4.99 Å². The largest absolute Gasteiger partial charge is 0.469 e. The summed E-state index contributed by atoms with van der Waals surface area (Å²) in [5, 5.41) is 1.90. The van der Waals surface area contributed by atoms with Crippen molar-refractivity contribution >= 4 is 17.2 Å². The summed E-state index contributed by atoms with van der Waals surface area (Å²) in [4.78, 5) is 16.3. The Morgan fingerprint density at radius 1 is 1.62 bits per heavy atom. The smallest absolute Gasteiger partial charge is 0.248 e. The van der Waals surface area contributed by atoms with E-state index in [0.29, 0.717) is 12.8 Å². The second kappa shape index (κ2) is 4.94. The van der Waals surface area contributed by atoms with E-state index in [-0.39, 0.29) is 5.91 Å². The number of hydrogen-bond donors (Lipinski definition) is 0. The second-order valence-corrected chi connectivity index (χ2v) is 4.25. The Kier molecular flexibility index (Phi) is 3.36. The van der Waals surface area contributed by atoms with E-state index in [1.165, 1.54) is 11.3 Å². The van der Waals surface area contributed by atoms with E-state index in [4.69, 9.17) is 4.42 Å². The van der Waals surface area contributed by atoms with Crippen LogP contribution in [0.2, 0.25) is 0 Å². The molecule has 5 heteroatoms. The van der Waals surface area contributed by atoms with Gasteiger partial charge in [0.1, 0.15) is 5.76 Å². The zero-order valence-corrected chi connectivity index (χ0v) is 9.74. The van der Waals surface area contributed by atoms with Crippen molar-refractivity contribution in [3.05, 3.63) is 40.5 Å². The van der Waals surface area contributed by atoms with Crippen LogP contribution in [0.3, 0.4) is 0 Å². The third-order valence-corrected chi connectivity index (χ3v) is 2.99. The van der Waals surface area contributed by atoms with Crippen molar-refractivity contribution in [1.29, 1.82) is 0 Å². The zero-order valence-electron chi connectivity index (χ0n) is 8.92. The third-order valence-electron chi connectivity index (χ3n) is 2.15. The summed E-state index contributed by atoms with van der Waals surface area (Å²) in [7, 11) is 1.87. The fourth-order valence-corrected chi connectivity index (χ4v) is 2.03. The highest BCUT2D eigenvalue weighted by atomic mass is 32.1. The minimum Gasteiger partial charge on any atom is -0.469 e. The highest BCUT2D eigenvalue weighted by Crippen LogP contribution is 2.04. The average molecular weight is 236 g/mol. The molecule has 4 nitrogen and oxygen atoms in total. The zero-order chi connectivity index (χ0) is 11.4. The monoisotopic (exact) mass is 236 g/mol. The van der Waals surface area contributed by atoms with Gasteiger partial charge in [0.15, 0.2) is 4.80 Å². The van der Waals surface area contributed by atoms with Crippen LogP contribution in [0.25, 0.3) is 0 Å². The first-order valence-corrected chi connectivity index (χ1v) is 5.84. The first-order valence-electron chi connectivity index (χ1n) is 4.96. The maximum Gasteiger partial charge on any atom is 0.248 e. The first-order chi connectivity index (χ1) is 7.75. The quantitative estimate of drug-likeness (QED) is 0.815. The Hall–Kier alpha value is -1.62. The van der Waals surface area contributed by atoms with Gasteiger partial charge in [-0.25, -0.2) is 0 Å². The summed E-state index contributed by atoms with van der Waals surface area (Å²) in [6, 6.07) is 3.68. The molecule has 0 aliphatic carbocycles. The Morgan fingerprint density at radius 3 is 3.12 bits per heavy atom. The maximum atomic E-state index is 11.5. The van der Waals surface area contributed by atoms with Gasteiger partial charge < -0.3 is 8.98 Å². The number of thiazole rings is 1. The standard InChI is InChI=1S/C11H12N2O2S/c1-13-6-8-16-11(13)12-10(14)5-4-9-3-2-7-15-9/h2-3,6-8H,4-5H2,1H3. The van der Waals surface area contributed by atoms with Crippen molar-refractivity contribution in [2.45, 2.75) is 12.8 Å². The van der Waals surface area contributed by atoms with Crippen LogP contribution < -0.4 is 4.80 Å². The summed E-state index contributed by atoms with van der Waals surface area (Å²) >= 11 is 1.45. The molecule has 0 radical (unpaired) electrons. The van der Waals surface area contributed by atoms with Gasteiger partial charge in [-0.3, -0.25) is 4.79 Å². The van der Waals surface area contributed by atoms with E-state index in [2.05, 4.69) is 4.99 Å². The molecule has 1 amide bonds. The van der Waals surface area contributed by atoms with Gasteiger partial charge in [-0.15, -0.1) is 11.3 Å². The maximum absolute atomic E-state index is 11.5. The van der Waals surface area contributed by atoms with Gasteiger partial charge in [0.25, 0.3) is 0 Å². The van der Waals surface area contributed by atoms with Crippen molar-refractivity contribution in [1.82, 2.24) is 4.57 Å². The molecular weight excluding hydrogens is 224 g/mol. The van der Waals surface area contributed by atoms with E-state index in [0.717, 1.165) is 10.6 Å². The van der Waals surface area contributed by atoms with Crippen molar-refractivity contribution in [2.75, 3.05) is 0 Å². The summed E-state index contributed by atoms with van der Waals surface area (Å²) in [5.74, 6) is 0.702. The average Bonchev–Trinajstić information content (AvgIpc) is 2.88. The summed E-state index contributed by atoms with van der Waals surface area (Å²) in [6.45, 7) is 0. The molecule has 2 rings (SSSR count). The summed E-state index contributed by atoms with van der Waals surface area (Å²) in [5.41, 5.74) is 0. The van der Waals surface area contributed by atoms with Crippen LogP contribution in [0.4, 0.5) is 0 Å². The Labute approximate surface area is 96.9 Å². The lowest BCUT2D eigenvalue weighted by Crippen LogP contribution is -2.12. The number of nitrogens with zero attached hydrogens (tertiary/aromatic N) is 2. The van der Waals surface area contributed by atoms with Crippen LogP contribution in [0, 0.1) is 0 Å². The van der Waals surface area contributed by atoms with Crippen molar-refractivity contribution in [3.63, 3.8) is 0 Å². The SMILES string of the molecule is Cn1ccsc1=NC(=O)CCc1ccco1. The molecule has 0 fully saturated rings. The molecule has 0 atom stereocenters. The number of rotatable bonds is 3. The number of hydrogen-bond acceptors (Lipinski definition) is 3. The van der Waals surface area contributed by atoms with E-state index in [1.54, 1.807) is 6.26 Å². The highest BCUT2D eigenvalue weighted by Gasteiger charge is 2.02. The van der Waals surface area contributed by atoms with Crippen LogP contribution in [-0.4, -0.2) is 10.5 Å². The van der Waals surface area contributed by atoms with Gasteiger partial charge in [-0.05, 0) is 12.1 Å². The predicted octanol–water partition coefficient (Wildman–Crippen LogP) is 1.74. The first kappa shape index (κ1) is 10.9. The van der Waals surface area contributed by atoms with Crippen LogP contribution in [0.15, 0.2) is 39.4 Å². The number of aromatic nitrogens is 1. The molecule has 0 unspecified atom stereocenters. The lowest BCUT2D eigenvalue weighted by molar-refractivity contribution is -0.118. The Morgan fingerprint density at radius 2 is 2.50 bits per heavy atom. The van der Waals surface area contributed by atoms with Gasteiger partial charge in [0.05, 0.1) is 6.26 Å². The molecular formula is C11H12N2O2S. The number of aryl methyl sites for hydroxylation is 2. The van der Waals surface area contributed by atoms with E-state index in [1.807, 2.05) is 35.3 Å². The molecule has 0 aromatic carbocycles. The number of amides is 1. The number of furan rings is 1. The minimum atomic E-state index is -0.116. The van der Waals surface area contributed by atoms with E-state index >= 15 is 0 Å². The molecule has 0 saturated heterocycles. The van der Waals surface area contributed by atoms with Crippen LogP contribution in [0.5, 0.6) is 0 Å². The van der Waals surface area contributed by atoms with E-state index in [9.17, 15) is 4.79 Å². The summed E-state index contributed by atoms with van der Waals surface area (Å²) in [6.07, 6.45) is 4.47. The van der Waals surface area contributed by atoms with Gasteiger partial charge >= 0.3 is 0 Å². The molecule has 0 saturated carbocycles. The fourth-order valence-electron chi connectivity index (χ4n) is 1.28. The number of carbonyl (C=O) groups is 1. The lowest BCUT2D eigenvalue weighted by atomic mass is 10.2. The molecule has 2 aromatic heterocycles. The minimum absolute atomic E-state index is 0.116. The molecule has 2 aromatic rings. The van der Waals surface area contributed by atoms with Crippen LogP contribution >= 0.6 is 11.3 Å². The fraction of sp³-hybridized carbons (Fsp3) is 0.273. The summed E-state index contributed by atoms with van der Waals surface area (Å²) < 4.78 is 6.98. The van der Waals surface area contributed by atoms with Gasteiger partial charge in [-0.1, -0.05) is 0 Å². The lowest BCUT2D eigenvalue weighted by Gasteiger charge is -1.93. The molecule has 0 bridgehead atoms. The molecule has 0 spiro atoms. The van der Waals surface area contributed by atoms with Crippen LogP contribution in [-0.2, 0) is 18.3 Å². The molecule has 0 aliphatic rings. The van der Waals surface area contributed by atoms with Gasteiger partial charge in [0, 0.05) is 31.5 Å². The Bertz CT molecular complexity index is 522. The topological polar surface area (TPSA) is 47.5 Å². The Balaban J connectivity index is 1.97. The molecule has 0 N–H and O–H groups in total. The van der Waals surface area contributed by atoms with Crippen molar-refractivity contribution < 1.29 is 9.21 Å². The molecule has 16 heavy (non-hydrogen) atoms. The molecule has 2 heterocycles. The number of carbonyl (C=O) groups excluding carboxylic acids is 1. The molecule has 0 aliphatic heterocycles.